The number of aromatic hydroxyl groups is 1. The maximum atomic E-state index is 11.9. The summed E-state index contributed by atoms with van der Waals surface area (Å²) in [6.45, 7) is 0. The van der Waals surface area contributed by atoms with Gasteiger partial charge in [-0.3, -0.25) is 4.79 Å². The number of benzene rings is 2. The molecule has 0 spiro atoms. The molecule has 3 rings (SSSR count). The smallest absolute Gasteiger partial charge is 0.312 e. The topological polar surface area (TPSA) is 65.0 Å². The van der Waals surface area contributed by atoms with Crippen molar-refractivity contribution in [1.29, 1.82) is 0 Å². The number of methoxy groups -OCH3 is 2. The van der Waals surface area contributed by atoms with E-state index in [9.17, 15) is 9.90 Å². The fourth-order valence-corrected chi connectivity index (χ4v) is 2.69. The van der Waals surface area contributed by atoms with Gasteiger partial charge in [-0.15, -0.1) is 0 Å². The number of rotatable bonds is 3. The number of esters is 1. The average molecular weight is 300 g/mol. The predicted molar refractivity (Wildman–Crippen MR) is 79.7 cm³/mol. The Hall–Kier alpha value is -2.69. The Bertz CT molecular complexity index is 706. The van der Waals surface area contributed by atoms with Gasteiger partial charge in [0.25, 0.3) is 0 Å². The van der Waals surface area contributed by atoms with Crippen molar-refractivity contribution in [1.82, 2.24) is 0 Å². The maximum Gasteiger partial charge on any atom is 0.312 e. The van der Waals surface area contributed by atoms with Gasteiger partial charge in [0.05, 0.1) is 20.6 Å². The third-order valence-electron chi connectivity index (χ3n) is 3.79. The Morgan fingerprint density at radius 3 is 2.41 bits per heavy atom. The molecule has 0 aromatic heterocycles. The summed E-state index contributed by atoms with van der Waals surface area (Å²) >= 11 is 0. The van der Waals surface area contributed by atoms with Crippen LogP contribution in [0.2, 0.25) is 0 Å². The first-order valence-electron chi connectivity index (χ1n) is 6.88. The highest BCUT2D eigenvalue weighted by molar-refractivity contribution is 5.79. The van der Waals surface area contributed by atoms with Gasteiger partial charge >= 0.3 is 5.97 Å². The number of carbonyl (C=O) groups is 1. The highest BCUT2D eigenvalue weighted by Gasteiger charge is 2.31. The van der Waals surface area contributed by atoms with E-state index >= 15 is 0 Å². The average Bonchev–Trinajstić information content (AvgIpc) is 2.53. The molecule has 0 amide bonds. The molecule has 1 aliphatic rings. The van der Waals surface area contributed by atoms with Crippen LogP contribution < -0.4 is 14.2 Å². The highest BCUT2D eigenvalue weighted by atomic mass is 16.5. The molecule has 2 aromatic carbocycles. The summed E-state index contributed by atoms with van der Waals surface area (Å²) in [4.78, 5) is 11.9. The minimum atomic E-state index is -0.332. The van der Waals surface area contributed by atoms with Crippen molar-refractivity contribution in [2.24, 2.45) is 0 Å². The fraction of sp³-hybridized carbons (Fsp3) is 0.235. The molecule has 5 heteroatoms. The molecular formula is C17H16O5. The zero-order valence-corrected chi connectivity index (χ0v) is 12.3. The summed E-state index contributed by atoms with van der Waals surface area (Å²) in [7, 11) is 3.09. The van der Waals surface area contributed by atoms with Gasteiger partial charge in [0.1, 0.15) is 23.0 Å². The van der Waals surface area contributed by atoms with E-state index in [1.54, 1.807) is 13.2 Å². The lowest BCUT2D eigenvalue weighted by Gasteiger charge is -2.26. The number of phenols is 1. The van der Waals surface area contributed by atoms with Crippen molar-refractivity contribution in [2.45, 2.75) is 12.3 Å². The second kappa shape index (κ2) is 5.60. The van der Waals surface area contributed by atoms with Crippen LogP contribution in [0.25, 0.3) is 0 Å². The van der Waals surface area contributed by atoms with Crippen LogP contribution in [0.1, 0.15) is 23.5 Å². The van der Waals surface area contributed by atoms with Crippen molar-refractivity contribution in [3.63, 3.8) is 0 Å². The Morgan fingerprint density at radius 2 is 1.77 bits per heavy atom. The summed E-state index contributed by atoms with van der Waals surface area (Å²) in [6.07, 6.45) is 0.180. The van der Waals surface area contributed by atoms with E-state index < -0.39 is 0 Å². The fourth-order valence-electron chi connectivity index (χ4n) is 2.69. The van der Waals surface area contributed by atoms with Crippen LogP contribution in [0.15, 0.2) is 36.4 Å². The lowest BCUT2D eigenvalue weighted by molar-refractivity contribution is -0.135. The third kappa shape index (κ3) is 2.45. The number of hydrogen-bond acceptors (Lipinski definition) is 5. The number of fused-ring (bicyclic) bond motifs is 1. The number of phenolic OH excluding ortho intramolecular Hbond substituents is 1. The zero-order valence-electron chi connectivity index (χ0n) is 12.3. The monoisotopic (exact) mass is 300 g/mol. The SMILES string of the molecule is COc1ccc([C@H]2CC(=O)Oc3cc(OC)cc(O)c32)cc1. The third-order valence-corrected chi connectivity index (χ3v) is 3.79. The molecule has 0 saturated heterocycles. The largest absolute Gasteiger partial charge is 0.507 e. The van der Waals surface area contributed by atoms with Crippen molar-refractivity contribution >= 4 is 5.97 Å². The van der Waals surface area contributed by atoms with Gasteiger partial charge in [0, 0.05) is 23.6 Å². The number of hydrogen-bond donors (Lipinski definition) is 1. The van der Waals surface area contributed by atoms with E-state index in [1.165, 1.54) is 13.2 Å². The zero-order chi connectivity index (χ0) is 15.7. The van der Waals surface area contributed by atoms with Gasteiger partial charge in [0.15, 0.2) is 0 Å². The molecule has 1 N–H and O–H groups in total. The molecule has 0 fully saturated rings. The Balaban J connectivity index is 2.08. The molecule has 1 heterocycles. The van der Waals surface area contributed by atoms with Gasteiger partial charge in [-0.2, -0.15) is 0 Å². The van der Waals surface area contributed by atoms with E-state index in [2.05, 4.69) is 0 Å². The Morgan fingerprint density at radius 1 is 1.09 bits per heavy atom. The number of ether oxygens (including phenoxy) is 3. The van der Waals surface area contributed by atoms with Gasteiger partial charge in [0.2, 0.25) is 0 Å². The van der Waals surface area contributed by atoms with Crippen LogP contribution >= 0.6 is 0 Å². The molecule has 114 valence electrons. The molecule has 2 aromatic rings. The second-order valence-corrected chi connectivity index (χ2v) is 5.06. The van der Waals surface area contributed by atoms with Gasteiger partial charge in [-0.05, 0) is 17.7 Å². The van der Waals surface area contributed by atoms with E-state index in [0.29, 0.717) is 17.1 Å². The summed E-state index contributed by atoms with van der Waals surface area (Å²) in [5.74, 6) is 0.992. The number of carbonyl (C=O) groups excluding carboxylic acids is 1. The first kappa shape index (κ1) is 14.3. The quantitative estimate of drug-likeness (QED) is 0.697. The second-order valence-electron chi connectivity index (χ2n) is 5.06. The normalized spacial score (nSPS) is 16.6. The molecule has 22 heavy (non-hydrogen) atoms. The summed E-state index contributed by atoms with van der Waals surface area (Å²) in [5.41, 5.74) is 1.52. The summed E-state index contributed by atoms with van der Waals surface area (Å²) < 4.78 is 15.5. The molecule has 0 bridgehead atoms. The van der Waals surface area contributed by atoms with Crippen molar-refractivity contribution in [2.75, 3.05) is 14.2 Å². The van der Waals surface area contributed by atoms with Crippen molar-refractivity contribution < 1.29 is 24.1 Å². The molecule has 0 unspecified atom stereocenters. The van der Waals surface area contributed by atoms with E-state index in [-0.39, 0.29) is 24.1 Å². The van der Waals surface area contributed by atoms with Crippen LogP contribution in [-0.4, -0.2) is 25.3 Å². The van der Waals surface area contributed by atoms with Crippen LogP contribution in [0.5, 0.6) is 23.0 Å². The van der Waals surface area contributed by atoms with E-state index in [4.69, 9.17) is 14.2 Å². The minimum Gasteiger partial charge on any atom is -0.507 e. The molecule has 0 aliphatic carbocycles. The first-order valence-corrected chi connectivity index (χ1v) is 6.88. The van der Waals surface area contributed by atoms with Gasteiger partial charge < -0.3 is 19.3 Å². The lowest BCUT2D eigenvalue weighted by atomic mass is 9.85. The Kier molecular flexibility index (Phi) is 3.63. The highest BCUT2D eigenvalue weighted by Crippen LogP contribution is 2.45. The Labute approximate surface area is 128 Å². The van der Waals surface area contributed by atoms with E-state index in [1.807, 2.05) is 24.3 Å². The van der Waals surface area contributed by atoms with Crippen molar-refractivity contribution in [3.05, 3.63) is 47.5 Å². The van der Waals surface area contributed by atoms with Crippen molar-refractivity contribution in [3.8, 4) is 23.0 Å². The van der Waals surface area contributed by atoms with Crippen LogP contribution in [0.4, 0.5) is 0 Å². The van der Waals surface area contributed by atoms with Crippen LogP contribution in [0, 0.1) is 0 Å². The van der Waals surface area contributed by atoms with Gasteiger partial charge in [-0.25, -0.2) is 0 Å². The van der Waals surface area contributed by atoms with Crippen LogP contribution in [0.3, 0.4) is 0 Å². The molecule has 0 radical (unpaired) electrons. The minimum absolute atomic E-state index is 0.0580. The summed E-state index contributed by atoms with van der Waals surface area (Å²) in [5, 5.41) is 10.3. The van der Waals surface area contributed by atoms with Crippen LogP contribution in [-0.2, 0) is 4.79 Å². The van der Waals surface area contributed by atoms with E-state index in [0.717, 1.165) is 11.3 Å². The first-order chi connectivity index (χ1) is 10.6. The maximum absolute atomic E-state index is 11.9. The lowest BCUT2D eigenvalue weighted by Crippen LogP contribution is -2.21. The standard InChI is InChI=1S/C17H16O5/c1-20-11-5-3-10(4-6-11)13-9-16(19)22-15-8-12(21-2)7-14(18)17(13)15/h3-8,13,18H,9H2,1-2H3/t13-/m1/s1. The molecule has 5 nitrogen and oxygen atoms in total. The molecular weight excluding hydrogens is 284 g/mol. The molecule has 1 aliphatic heterocycles. The molecule has 1 atom stereocenters. The molecule has 0 saturated carbocycles. The predicted octanol–water partition coefficient (Wildman–Crippen LogP) is 2.85. The van der Waals surface area contributed by atoms with Gasteiger partial charge in [-0.1, -0.05) is 12.1 Å². The summed E-state index contributed by atoms with van der Waals surface area (Å²) in [6, 6.07) is 10.6.